The Morgan fingerprint density at radius 1 is 1.10 bits per heavy atom. The Morgan fingerprint density at radius 3 is 2.38 bits per heavy atom. The quantitative estimate of drug-likeness (QED) is 0.631. The summed E-state index contributed by atoms with van der Waals surface area (Å²) in [4.78, 5) is 25.2. The van der Waals surface area contributed by atoms with Gasteiger partial charge in [0.1, 0.15) is 0 Å². The lowest BCUT2D eigenvalue weighted by Crippen LogP contribution is -2.46. The highest BCUT2D eigenvalue weighted by Crippen LogP contribution is 2.41. The number of halogens is 1. The smallest absolute Gasteiger partial charge is 0.328 e. The van der Waals surface area contributed by atoms with E-state index in [-0.39, 0.29) is 17.7 Å². The van der Waals surface area contributed by atoms with Crippen LogP contribution in [0.2, 0.25) is 0 Å². The van der Waals surface area contributed by atoms with E-state index in [2.05, 4.69) is 21.2 Å². The zero-order valence-corrected chi connectivity index (χ0v) is 18.4. The molecular formula is C21H22BrNO5S. The summed E-state index contributed by atoms with van der Waals surface area (Å²) in [5.74, 6) is -1.38. The molecule has 1 aliphatic carbocycles. The molecule has 1 amide bonds. The lowest BCUT2D eigenvalue weighted by Gasteiger charge is -2.26. The van der Waals surface area contributed by atoms with Crippen molar-refractivity contribution in [2.24, 2.45) is 0 Å². The summed E-state index contributed by atoms with van der Waals surface area (Å²) in [7, 11) is -3.93. The molecule has 0 aromatic heterocycles. The van der Waals surface area contributed by atoms with Crippen LogP contribution in [0.5, 0.6) is 0 Å². The minimum absolute atomic E-state index is 0.0915. The minimum Gasteiger partial charge on any atom is -0.454 e. The van der Waals surface area contributed by atoms with Crippen molar-refractivity contribution in [3.05, 3.63) is 58.6 Å². The van der Waals surface area contributed by atoms with Crippen LogP contribution in [0.25, 0.3) is 0 Å². The fourth-order valence-electron chi connectivity index (χ4n) is 3.57. The highest BCUT2D eigenvalue weighted by atomic mass is 79.9. The molecule has 6 nitrogen and oxygen atoms in total. The predicted octanol–water partition coefficient (Wildman–Crippen LogP) is 4.03. The average molecular weight is 480 g/mol. The van der Waals surface area contributed by atoms with Crippen LogP contribution in [0.1, 0.15) is 31.2 Å². The van der Waals surface area contributed by atoms with Crippen molar-refractivity contribution in [1.82, 2.24) is 0 Å². The van der Waals surface area contributed by atoms with Crippen LogP contribution >= 0.6 is 15.9 Å². The maximum absolute atomic E-state index is 13.2. The molecule has 0 bridgehead atoms. The molecule has 154 valence electrons. The van der Waals surface area contributed by atoms with Crippen LogP contribution in [0.15, 0.2) is 57.9 Å². The van der Waals surface area contributed by atoms with Gasteiger partial charge < -0.3 is 10.1 Å². The molecule has 3 rings (SSSR count). The van der Waals surface area contributed by atoms with Gasteiger partial charge in [0.05, 0.1) is 4.90 Å². The first-order chi connectivity index (χ1) is 13.8. The van der Waals surface area contributed by atoms with E-state index >= 15 is 0 Å². The van der Waals surface area contributed by atoms with Gasteiger partial charge in [-0.15, -0.1) is 0 Å². The molecule has 1 fully saturated rings. The first kappa shape index (κ1) is 21.5. The molecule has 0 atom stereocenters. The number of carbonyl (C=O) groups is 2. The monoisotopic (exact) mass is 479 g/mol. The number of ether oxygens (including phenoxy) is 1. The summed E-state index contributed by atoms with van der Waals surface area (Å²) in [6.45, 7) is 1.30. The average Bonchev–Trinajstić information content (AvgIpc) is 3.21. The minimum atomic E-state index is -3.93. The summed E-state index contributed by atoms with van der Waals surface area (Å²) in [5.41, 5.74) is 1.44. The van der Waals surface area contributed by atoms with Gasteiger partial charge in [-0.2, -0.15) is 0 Å². The van der Waals surface area contributed by atoms with E-state index in [9.17, 15) is 18.0 Å². The normalized spacial score (nSPS) is 15.7. The van der Waals surface area contributed by atoms with Crippen molar-refractivity contribution < 1.29 is 22.7 Å². The molecule has 0 heterocycles. The molecule has 1 N–H and O–H groups in total. The largest absolute Gasteiger partial charge is 0.454 e. The van der Waals surface area contributed by atoms with Gasteiger partial charge in [0.25, 0.3) is 5.91 Å². The van der Waals surface area contributed by atoms with Gasteiger partial charge >= 0.3 is 5.97 Å². The van der Waals surface area contributed by atoms with Gasteiger partial charge in [-0.3, -0.25) is 9.59 Å². The summed E-state index contributed by atoms with van der Waals surface area (Å²) in [6, 6.07) is 13.3. The van der Waals surface area contributed by atoms with E-state index in [1.54, 1.807) is 30.3 Å². The molecule has 0 aliphatic heterocycles. The number of hydrogen-bond acceptors (Lipinski definition) is 5. The van der Waals surface area contributed by atoms with Crippen LogP contribution in [-0.2, 0) is 24.2 Å². The fraction of sp³-hybridized carbons (Fsp3) is 0.333. The SMILES string of the molecule is Cc1cc(Br)ccc1NC(=O)COC(=O)C1(S(=O)(=O)c2ccccc2)CCCC1. The van der Waals surface area contributed by atoms with Crippen LogP contribution in [0.3, 0.4) is 0 Å². The zero-order chi connectivity index (χ0) is 21.1. The van der Waals surface area contributed by atoms with E-state index < -0.39 is 33.1 Å². The van der Waals surface area contributed by atoms with E-state index in [0.717, 1.165) is 10.0 Å². The van der Waals surface area contributed by atoms with E-state index in [1.807, 2.05) is 13.0 Å². The molecular weight excluding hydrogens is 458 g/mol. The highest BCUT2D eigenvalue weighted by Gasteiger charge is 2.54. The van der Waals surface area contributed by atoms with Gasteiger partial charge in [-0.05, 0) is 55.7 Å². The van der Waals surface area contributed by atoms with Crippen LogP contribution in [0.4, 0.5) is 5.69 Å². The van der Waals surface area contributed by atoms with E-state index in [1.165, 1.54) is 12.1 Å². The molecule has 0 saturated heterocycles. The van der Waals surface area contributed by atoms with Gasteiger partial charge in [0.2, 0.25) is 0 Å². The third-order valence-corrected chi connectivity index (χ3v) is 8.14. The third kappa shape index (κ3) is 4.38. The van der Waals surface area contributed by atoms with Crippen LogP contribution in [0, 0.1) is 6.92 Å². The zero-order valence-electron chi connectivity index (χ0n) is 16.0. The number of sulfone groups is 1. The first-order valence-corrected chi connectivity index (χ1v) is 11.6. The second kappa shape index (κ2) is 8.67. The van der Waals surface area contributed by atoms with Crippen LogP contribution in [-0.4, -0.2) is 31.6 Å². The van der Waals surface area contributed by atoms with Crippen LogP contribution < -0.4 is 5.32 Å². The Morgan fingerprint density at radius 2 is 1.76 bits per heavy atom. The Labute approximate surface area is 178 Å². The van der Waals surface area contributed by atoms with Gasteiger partial charge in [0, 0.05) is 10.2 Å². The number of benzene rings is 2. The molecule has 1 saturated carbocycles. The summed E-state index contributed by atoms with van der Waals surface area (Å²) in [5, 5.41) is 2.68. The fourth-order valence-corrected chi connectivity index (χ4v) is 6.12. The lowest BCUT2D eigenvalue weighted by molar-refractivity contribution is -0.149. The second-order valence-corrected chi connectivity index (χ2v) is 10.3. The standard InChI is InChI=1S/C21H22BrNO5S/c1-15-13-16(22)9-10-18(15)23-19(24)14-28-20(25)21(11-5-6-12-21)29(26,27)17-7-3-2-4-8-17/h2-4,7-10,13H,5-6,11-12,14H2,1H3,(H,23,24). The maximum Gasteiger partial charge on any atom is 0.328 e. The van der Waals surface area contributed by atoms with Crippen molar-refractivity contribution in [2.75, 3.05) is 11.9 Å². The number of hydrogen-bond donors (Lipinski definition) is 1. The molecule has 0 unspecified atom stereocenters. The number of amides is 1. The van der Waals surface area contributed by atoms with Crippen molar-refractivity contribution >= 4 is 43.3 Å². The van der Waals surface area contributed by atoms with Crippen molar-refractivity contribution in [1.29, 1.82) is 0 Å². The number of rotatable bonds is 6. The number of nitrogens with one attached hydrogen (secondary N) is 1. The topological polar surface area (TPSA) is 89.5 Å². The first-order valence-electron chi connectivity index (χ1n) is 9.29. The Bertz CT molecular complexity index is 1010. The van der Waals surface area contributed by atoms with Gasteiger partial charge in [-0.1, -0.05) is 47.0 Å². The third-order valence-electron chi connectivity index (χ3n) is 5.15. The molecule has 29 heavy (non-hydrogen) atoms. The molecule has 0 radical (unpaired) electrons. The summed E-state index contributed by atoms with van der Waals surface area (Å²) in [6.07, 6.45) is 1.61. The maximum atomic E-state index is 13.2. The number of anilines is 1. The number of carbonyl (C=O) groups excluding carboxylic acids is 2. The Kier molecular flexibility index (Phi) is 6.43. The number of esters is 1. The lowest BCUT2D eigenvalue weighted by atomic mass is 10.1. The molecule has 8 heteroatoms. The van der Waals surface area contributed by atoms with E-state index in [4.69, 9.17) is 4.74 Å². The highest BCUT2D eigenvalue weighted by molar-refractivity contribution is 9.10. The Balaban J connectivity index is 1.73. The van der Waals surface area contributed by atoms with Gasteiger partial charge in [0.15, 0.2) is 21.2 Å². The Hall–Kier alpha value is -2.19. The summed E-state index contributed by atoms with van der Waals surface area (Å²) < 4.78 is 30.9. The molecule has 1 aliphatic rings. The molecule has 2 aromatic rings. The molecule has 0 spiro atoms. The second-order valence-electron chi connectivity index (χ2n) is 7.10. The van der Waals surface area contributed by atoms with Crippen molar-refractivity contribution in [3.8, 4) is 0 Å². The summed E-state index contributed by atoms with van der Waals surface area (Å²) >= 11 is 3.35. The van der Waals surface area contributed by atoms with Crippen molar-refractivity contribution in [3.63, 3.8) is 0 Å². The van der Waals surface area contributed by atoms with Crippen molar-refractivity contribution in [2.45, 2.75) is 42.2 Å². The molecule has 2 aromatic carbocycles. The van der Waals surface area contributed by atoms with E-state index in [0.29, 0.717) is 18.5 Å². The van der Waals surface area contributed by atoms with Gasteiger partial charge in [-0.25, -0.2) is 8.42 Å². The predicted molar refractivity (Wildman–Crippen MR) is 113 cm³/mol. The number of aryl methyl sites for hydroxylation is 1.